The normalized spacial score (nSPS) is 23.7. The summed E-state index contributed by atoms with van der Waals surface area (Å²) in [4.78, 5) is 13.2. The molecule has 1 heterocycles. The largest absolute Gasteiger partial charge is 0.478 e. The molecule has 2 rings (SSSR count). The van der Waals surface area contributed by atoms with Gasteiger partial charge in [-0.05, 0) is 44.4 Å². The van der Waals surface area contributed by atoms with E-state index < -0.39 is 5.97 Å². The standard InChI is InChI=1S/C15H20FNO2/c1-3-13-6-4-10(2)17(13)9-12-8-11(15(18)19)5-7-14(12)16/h5,7-8,10,13H,3-4,6,9H2,1-2H3,(H,18,19). The number of rotatable bonds is 4. The number of carboxylic acid groups (broad SMARTS) is 1. The molecule has 19 heavy (non-hydrogen) atoms. The summed E-state index contributed by atoms with van der Waals surface area (Å²) in [5.74, 6) is -1.33. The van der Waals surface area contributed by atoms with Gasteiger partial charge in [-0.25, -0.2) is 9.18 Å². The van der Waals surface area contributed by atoms with Crippen LogP contribution in [0.3, 0.4) is 0 Å². The first-order chi connectivity index (χ1) is 9.02. The van der Waals surface area contributed by atoms with Crippen molar-refractivity contribution in [3.05, 3.63) is 35.1 Å². The molecule has 0 aromatic heterocycles. The van der Waals surface area contributed by atoms with E-state index in [-0.39, 0.29) is 11.4 Å². The van der Waals surface area contributed by atoms with E-state index >= 15 is 0 Å². The first-order valence-corrected chi connectivity index (χ1v) is 6.80. The zero-order valence-electron chi connectivity index (χ0n) is 11.4. The van der Waals surface area contributed by atoms with Crippen LogP contribution in [0.15, 0.2) is 18.2 Å². The fourth-order valence-corrected chi connectivity index (χ4v) is 2.87. The van der Waals surface area contributed by atoms with Gasteiger partial charge in [-0.2, -0.15) is 0 Å². The van der Waals surface area contributed by atoms with Crippen LogP contribution in [0.5, 0.6) is 0 Å². The average molecular weight is 265 g/mol. The van der Waals surface area contributed by atoms with Crippen LogP contribution in [0.2, 0.25) is 0 Å². The molecule has 2 atom stereocenters. The lowest BCUT2D eigenvalue weighted by molar-refractivity contribution is 0.0696. The lowest BCUT2D eigenvalue weighted by atomic mass is 10.1. The molecule has 1 aromatic carbocycles. The Balaban J connectivity index is 2.22. The van der Waals surface area contributed by atoms with Crippen LogP contribution in [0.1, 0.15) is 49.0 Å². The van der Waals surface area contributed by atoms with Crippen molar-refractivity contribution in [1.29, 1.82) is 0 Å². The van der Waals surface area contributed by atoms with Crippen molar-refractivity contribution < 1.29 is 14.3 Å². The highest BCUT2D eigenvalue weighted by molar-refractivity contribution is 5.87. The summed E-state index contributed by atoms with van der Waals surface area (Å²) in [6.45, 7) is 4.78. The van der Waals surface area contributed by atoms with E-state index in [1.54, 1.807) is 0 Å². The monoisotopic (exact) mass is 265 g/mol. The summed E-state index contributed by atoms with van der Waals surface area (Å²) in [7, 11) is 0. The van der Waals surface area contributed by atoms with Gasteiger partial charge in [0.25, 0.3) is 0 Å². The molecule has 0 amide bonds. The molecule has 0 spiro atoms. The summed E-state index contributed by atoms with van der Waals surface area (Å²) >= 11 is 0. The maximum absolute atomic E-state index is 13.8. The van der Waals surface area contributed by atoms with Gasteiger partial charge >= 0.3 is 5.97 Å². The summed E-state index contributed by atoms with van der Waals surface area (Å²) < 4.78 is 13.8. The lowest BCUT2D eigenvalue weighted by Crippen LogP contribution is -2.33. The Morgan fingerprint density at radius 2 is 2.21 bits per heavy atom. The van der Waals surface area contributed by atoms with Gasteiger partial charge in [0.05, 0.1) is 5.56 Å². The number of halogens is 1. The van der Waals surface area contributed by atoms with Gasteiger partial charge in [-0.3, -0.25) is 4.90 Å². The van der Waals surface area contributed by atoms with E-state index in [9.17, 15) is 9.18 Å². The second-order valence-electron chi connectivity index (χ2n) is 5.27. The smallest absolute Gasteiger partial charge is 0.335 e. The van der Waals surface area contributed by atoms with E-state index in [2.05, 4.69) is 18.7 Å². The minimum Gasteiger partial charge on any atom is -0.478 e. The van der Waals surface area contributed by atoms with Crippen LogP contribution in [-0.4, -0.2) is 28.1 Å². The predicted molar refractivity (Wildman–Crippen MR) is 71.7 cm³/mol. The molecule has 0 aliphatic carbocycles. The van der Waals surface area contributed by atoms with Crippen molar-refractivity contribution in [1.82, 2.24) is 4.90 Å². The van der Waals surface area contributed by atoms with Crippen LogP contribution in [0.25, 0.3) is 0 Å². The molecule has 3 nitrogen and oxygen atoms in total. The van der Waals surface area contributed by atoms with Gasteiger partial charge in [-0.15, -0.1) is 0 Å². The number of likely N-dealkylation sites (tertiary alicyclic amines) is 1. The Kier molecular flexibility index (Phi) is 4.20. The SMILES string of the molecule is CCC1CCC(C)N1Cc1cc(C(=O)O)ccc1F. The molecule has 4 heteroatoms. The van der Waals surface area contributed by atoms with Crippen LogP contribution in [0, 0.1) is 5.82 Å². The van der Waals surface area contributed by atoms with Gasteiger partial charge in [0.2, 0.25) is 0 Å². The number of benzene rings is 1. The predicted octanol–water partition coefficient (Wildman–Crippen LogP) is 3.29. The summed E-state index contributed by atoms with van der Waals surface area (Å²) in [5, 5.41) is 8.98. The Morgan fingerprint density at radius 3 is 2.84 bits per heavy atom. The summed E-state index contributed by atoms with van der Waals surface area (Å²) in [6.07, 6.45) is 3.31. The van der Waals surface area contributed by atoms with E-state index in [4.69, 9.17) is 5.11 Å². The van der Waals surface area contributed by atoms with Crippen molar-refractivity contribution >= 4 is 5.97 Å². The quantitative estimate of drug-likeness (QED) is 0.908. The molecule has 1 aliphatic heterocycles. The van der Waals surface area contributed by atoms with Crippen molar-refractivity contribution in [3.8, 4) is 0 Å². The Hall–Kier alpha value is -1.42. The first-order valence-electron chi connectivity index (χ1n) is 6.80. The van der Waals surface area contributed by atoms with Crippen LogP contribution < -0.4 is 0 Å². The lowest BCUT2D eigenvalue weighted by Gasteiger charge is -2.28. The van der Waals surface area contributed by atoms with E-state index in [1.165, 1.54) is 18.2 Å². The number of carboxylic acids is 1. The molecule has 1 fully saturated rings. The second kappa shape index (κ2) is 5.70. The summed E-state index contributed by atoms with van der Waals surface area (Å²) in [6, 6.07) is 4.92. The third-order valence-electron chi connectivity index (χ3n) is 4.07. The highest BCUT2D eigenvalue weighted by Gasteiger charge is 2.29. The van der Waals surface area contributed by atoms with Gasteiger partial charge in [0.1, 0.15) is 5.82 Å². The molecule has 0 saturated carbocycles. The number of aromatic carboxylic acids is 1. The van der Waals surface area contributed by atoms with E-state index in [0.29, 0.717) is 24.2 Å². The molecular formula is C15H20FNO2. The molecule has 0 radical (unpaired) electrons. The minimum absolute atomic E-state index is 0.149. The van der Waals surface area contributed by atoms with Crippen molar-refractivity contribution in [2.24, 2.45) is 0 Å². The maximum atomic E-state index is 13.8. The van der Waals surface area contributed by atoms with Crippen molar-refractivity contribution in [2.45, 2.75) is 51.7 Å². The molecule has 104 valence electrons. The first kappa shape index (κ1) is 14.0. The highest BCUT2D eigenvalue weighted by atomic mass is 19.1. The minimum atomic E-state index is -1.01. The maximum Gasteiger partial charge on any atom is 0.335 e. The topological polar surface area (TPSA) is 40.5 Å². The Labute approximate surface area is 113 Å². The van der Waals surface area contributed by atoms with Gasteiger partial charge in [-0.1, -0.05) is 6.92 Å². The summed E-state index contributed by atoms with van der Waals surface area (Å²) in [5.41, 5.74) is 0.628. The number of hydrogen-bond acceptors (Lipinski definition) is 2. The molecular weight excluding hydrogens is 245 g/mol. The zero-order valence-corrected chi connectivity index (χ0v) is 11.4. The molecule has 1 aliphatic rings. The van der Waals surface area contributed by atoms with Crippen molar-refractivity contribution in [2.75, 3.05) is 0 Å². The molecule has 1 saturated heterocycles. The zero-order chi connectivity index (χ0) is 14.0. The molecule has 1 aromatic rings. The van der Waals surface area contributed by atoms with Crippen molar-refractivity contribution in [3.63, 3.8) is 0 Å². The van der Waals surface area contributed by atoms with Gasteiger partial charge in [0.15, 0.2) is 0 Å². The molecule has 2 unspecified atom stereocenters. The number of hydrogen-bond donors (Lipinski definition) is 1. The third kappa shape index (κ3) is 2.95. The van der Waals surface area contributed by atoms with E-state index in [1.807, 2.05) is 0 Å². The Bertz CT molecular complexity index is 475. The van der Waals surface area contributed by atoms with Crippen LogP contribution in [0.4, 0.5) is 4.39 Å². The van der Waals surface area contributed by atoms with Crippen LogP contribution in [-0.2, 0) is 6.54 Å². The number of nitrogens with zero attached hydrogens (tertiary/aromatic N) is 1. The third-order valence-corrected chi connectivity index (χ3v) is 4.07. The van der Waals surface area contributed by atoms with E-state index in [0.717, 1.165) is 19.3 Å². The number of carbonyl (C=O) groups is 1. The highest BCUT2D eigenvalue weighted by Crippen LogP contribution is 2.28. The molecule has 1 N–H and O–H groups in total. The average Bonchev–Trinajstić information content (AvgIpc) is 2.73. The van der Waals surface area contributed by atoms with Gasteiger partial charge in [0, 0.05) is 24.2 Å². The molecule has 0 bridgehead atoms. The van der Waals surface area contributed by atoms with Gasteiger partial charge < -0.3 is 5.11 Å². The Morgan fingerprint density at radius 1 is 1.47 bits per heavy atom. The second-order valence-corrected chi connectivity index (χ2v) is 5.27. The fourth-order valence-electron chi connectivity index (χ4n) is 2.87. The van der Waals surface area contributed by atoms with Crippen LogP contribution >= 0.6 is 0 Å². The fraction of sp³-hybridized carbons (Fsp3) is 0.533.